The number of benzene rings is 1. The summed E-state index contributed by atoms with van der Waals surface area (Å²) in [5, 5.41) is 3.23. The number of ether oxygens (including phenoxy) is 1. The highest BCUT2D eigenvalue weighted by atomic mass is 19.1. The molecule has 0 aliphatic heterocycles. The molecule has 0 radical (unpaired) electrons. The van der Waals surface area contributed by atoms with E-state index in [0.717, 1.165) is 43.7 Å². The first-order valence-corrected chi connectivity index (χ1v) is 6.27. The predicted molar refractivity (Wildman–Crippen MR) is 68.6 cm³/mol. The quantitative estimate of drug-likeness (QED) is 0.704. The highest BCUT2D eigenvalue weighted by Crippen LogP contribution is 2.09. The van der Waals surface area contributed by atoms with E-state index in [-0.39, 0.29) is 5.82 Å². The number of hydrogen-bond acceptors (Lipinski definition) is 2. The smallest absolute Gasteiger partial charge is 0.127 e. The molecule has 0 amide bonds. The minimum absolute atomic E-state index is 0.134. The largest absolute Gasteiger partial charge is 0.381 e. The summed E-state index contributed by atoms with van der Waals surface area (Å²) in [6.07, 6.45) is 2.02. The highest BCUT2D eigenvalue weighted by molar-refractivity contribution is 5.23. The van der Waals surface area contributed by atoms with Crippen LogP contribution in [0.5, 0.6) is 0 Å². The van der Waals surface area contributed by atoms with E-state index < -0.39 is 0 Å². The molecule has 0 unspecified atom stereocenters. The lowest BCUT2D eigenvalue weighted by molar-refractivity contribution is 0.132. The third-order valence-electron chi connectivity index (χ3n) is 2.51. The molecule has 0 spiro atoms. The SMILES string of the molecule is CCCOCCCNCc1cc(C)ccc1F. The summed E-state index contributed by atoms with van der Waals surface area (Å²) in [6.45, 7) is 7.11. The van der Waals surface area contributed by atoms with Crippen molar-refractivity contribution in [3.63, 3.8) is 0 Å². The van der Waals surface area contributed by atoms with E-state index in [1.54, 1.807) is 6.07 Å². The molecule has 0 aromatic heterocycles. The summed E-state index contributed by atoms with van der Waals surface area (Å²) in [5.74, 6) is -0.134. The van der Waals surface area contributed by atoms with E-state index in [0.29, 0.717) is 6.54 Å². The average Bonchev–Trinajstić information content (AvgIpc) is 2.32. The number of aryl methyl sites for hydroxylation is 1. The fraction of sp³-hybridized carbons (Fsp3) is 0.571. The second kappa shape index (κ2) is 8.20. The van der Waals surface area contributed by atoms with Crippen molar-refractivity contribution in [1.29, 1.82) is 0 Å². The standard InChI is InChI=1S/C14H22FNO/c1-3-8-17-9-4-7-16-11-13-10-12(2)5-6-14(13)15/h5-6,10,16H,3-4,7-9,11H2,1-2H3. The summed E-state index contributed by atoms with van der Waals surface area (Å²) >= 11 is 0. The maximum atomic E-state index is 13.4. The van der Waals surface area contributed by atoms with Crippen molar-refractivity contribution < 1.29 is 9.13 Å². The molecule has 1 rings (SSSR count). The topological polar surface area (TPSA) is 21.3 Å². The summed E-state index contributed by atoms with van der Waals surface area (Å²) in [7, 11) is 0. The first kappa shape index (κ1) is 14.1. The van der Waals surface area contributed by atoms with Gasteiger partial charge in [-0.15, -0.1) is 0 Å². The molecule has 1 aromatic carbocycles. The first-order valence-electron chi connectivity index (χ1n) is 6.27. The van der Waals surface area contributed by atoms with Gasteiger partial charge in [0.1, 0.15) is 5.82 Å². The van der Waals surface area contributed by atoms with Crippen molar-refractivity contribution in [2.45, 2.75) is 33.2 Å². The molecular formula is C14H22FNO. The number of nitrogens with one attached hydrogen (secondary N) is 1. The fourth-order valence-electron chi connectivity index (χ4n) is 1.61. The van der Waals surface area contributed by atoms with Gasteiger partial charge in [-0.3, -0.25) is 0 Å². The van der Waals surface area contributed by atoms with Crippen LogP contribution in [-0.2, 0) is 11.3 Å². The molecule has 1 N–H and O–H groups in total. The highest BCUT2D eigenvalue weighted by Gasteiger charge is 2.01. The number of rotatable bonds is 8. The lowest BCUT2D eigenvalue weighted by atomic mass is 10.1. The number of halogens is 1. The van der Waals surface area contributed by atoms with Crippen molar-refractivity contribution in [3.8, 4) is 0 Å². The molecule has 0 aliphatic carbocycles. The minimum atomic E-state index is -0.134. The van der Waals surface area contributed by atoms with Crippen molar-refractivity contribution in [1.82, 2.24) is 5.32 Å². The molecule has 0 saturated heterocycles. The second-order valence-electron chi connectivity index (χ2n) is 4.24. The van der Waals surface area contributed by atoms with Crippen LogP contribution in [-0.4, -0.2) is 19.8 Å². The van der Waals surface area contributed by atoms with E-state index in [1.165, 1.54) is 6.07 Å². The summed E-state index contributed by atoms with van der Waals surface area (Å²) in [4.78, 5) is 0. The van der Waals surface area contributed by atoms with Gasteiger partial charge in [-0.2, -0.15) is 0 Å². The van der Waals surface area contributed by atoms with Crippen LogP contribution >= 0.6 is 0 Å². The Morgan fingerprint density at radius 2 is 2.12 bits per heavy atom. The number of hydrogen-bond donors (Lipinski definition) is 1. The van der Waals surface area contributed by atoms with Crippen molar-refractivity contribution in [2.24, 2.45) is 0 Å². The van der Waals surface area contributed by atoms with Gasteiger partial charge in [0.2, 0.25) is 0 Å². The Bertz CT molecular complexity index is 328. The monoisotopic (exact) mass is 239 g/mol. The lowest BCUT2D eigenvalue weighted by Crippen LogP contribution is -2.17. The van der Waals surface area contributed by atoms with Gasteiger partial charge in [0.05, 0.1) is 0 Å². The molecule has 96 valence electrons. The van der Waals surface area contributed by atoms with E-state index in [1.807, 2.05) is 13.0 Å². The Morgan fingerprint density at radius 1 is 1.29 bits per heavy atom. The molecule has 0 fully saturated rings. The Kier molecular flexibility index (Phi) is 6.82. The van der Waals surface area contributed by atoms with Crippen LogP contribution in [0.25, 0.3) is 0 Å². The Hall–Kier alpha value is -0.930. The van der Waals surface area contributed by atoms with Gasteiger partial charge in [0.15, 0.2) is 0 Å². The summed E-state index contributed by atoms with van der Waals surface area (Å²) < 4.78 is 18.7. The zero-order chi connectivity index (χ0) is 12.5. The molecule has 1 aromatic rings. The van der Waals surface area contributed by atoms with E-state index in [2.05, 4.69) is 12.2 Å². The Balaban J connectivity index is 2.15. The van der Waals surface area contributed by atoms with Gasteiger partial charge >= 0.3 is 0 Å². The van der Waals surface area contributed by atoms with Crippen LogP contribution in [0.15, 0.2) is 18.2 Å². The maximum absolute atomic E-state index is 13.4. The van der Waals surface area contributed by atoms with Gasteiger partial charge in [0.25, 0.3) is 0 Å². The zero-order valence-corrected chi connectivity index (χ0v) is 10.8. The predicted octanol–water partition coefficient (Wildman–Crippen LogP) is 3.04. The van der Waals surface area contributed by atoms with Gasteiger partial charge in [-0.25, -0.2) is 4.39 Å². The van der Waals surface area contributed by atoms with Crippen LogP contribution in [0, 0.1) is 12.7 Å². The summed E-state index contributed by atoms with van der Waals surface area (Å²) in [6, 6.07) is 5.20. The van der Waals surface area contributed by atoms with E-state index in [4.69, 9.17) is 4.74 Å². The van der Waals surface area contributed by atoms with Crippen molar-refractivity contribution in [2.75, 3.05) is 19.8 Å². The zero-order valence-electron chi connectivity index (χ0n) is 10.8. The molecule has 17 heavy (non-hydrogen) atoms. The van der Waals surface area contributed by atoms with Crippen LogP contribution in [0.3, 0.4) is 0 Å². The van der Waals surface area contributed by atoms with Crippen LogP contribution < -0.4 is 5.32 Å². The van der Waals surface area contributed by atoms with Gasteiger partial charge in [0, 0.05) is 25.3 Å². The molecule has 0 atom stereocenters. The third kappa shape index (κ3) is 5.80. The van der Waals surface area contributed by atoms with Crippen LogP contribution in [0.1, 0.15) is 30.9 Å². The van der Waals surface area contributed by atoms with E-state index in [9.17, 15) is 4.39 Å². The van der Waals surface area contributed by atoms with Crippen molar-refractivity contribution in [3.05, 3.63) is 35.1 Å². The summed E-state index contributed by atoms with van der Waals surface area (Å²) in [5.41, 5.74) is 1.83. The third-order valence-corrected chi connectivity index (χ3v) is 2.51. The van der Waals surface area contributed by atoms with Crippen molar-refractivity contribution >= 4 is 0 Å². The Labute approximate surface area is 103 Å². The Morgan fingerprint density at radius 3 is 2.88 bits per heavy atom. The fourth-order valence-corrected chi connectivity index (χ4v) is 1.61. The molecule has 0 bridgehead atoms. The minimum Gasteiger partial charge on any atom is -0.381 e. The normalized spacial score (nSPS) is 10.8. The molecular weight excluding hydrogens is 217 g/mol. The average molecular weight is 239 g/mol. The van der Waals surface area contributed by atoms with Crippen LogP contribution in [0.2, 0.25) is 0 Å². The van der Waals surface area contributed by atoms with Gasteiger partial charge < -0.3 is 10.1 Å². The lowest BCUT2D eigenvalue weighted by Gasteiger charge is -2.07. The molecule has 0 aliphatic rings. The molecule has 2 nitrogen and oxygen atoms in total. The molecule has 0 saturated carbocycles. The molecule has 3 heteroatoms. The van der Waals surface area contributed by atoms with Crippen LogP contribution in [0.4, 0.5) is 4.39 Å². The van der Waals surface area contributed by atoms with E-state index >= 15 is 0 Å². The first-order chi connectivity index (χ1) is 8.24. The molecule has 0 heterocycles. The van der Waals surface area contributed by atoms with Gasteiger partial charge in [-0.1, -0.05) is 24.6 Å². The second-order valence-corrected chi connectivity index (χ2v) is 4.24. The van der Waals surface area contributed by atoms with Gasteiger partial charge in [-0.05, 0) is 32.4 Å². The maximum Gasteiger partial charge on any atom is 0.127 e.